The lowest BCUT2D eigenvalue weighted by Crippen LogP contribution is -2.63. The number of nitrogens with one attached hydrogen (secondary N) is 3. The van der Waals surface area contributed by atoms with Crippen LogP contribution in [0.2, 0.25) is 0 Å². The Morgan fingerprint density at radius 1 is 0.868 bits per heavy atom. The number of amides is 4. The Balaban J connectivity index is 1.68. The number of urea groups is 1. The van der Waals surface area contributed by atoms with E-state index in [2.05, 4.69) is 20.7 Å². The molecule has 0 saturated carbocycles. The highest BCUT2D eigenvalue weighted by molar-refractivity contribution is 6.00. The lowest BCUT2D eigenvalue weighted by atomic mass is 9.86. The number of hydrogen-bond acceptors (Lipinski definition) is 5. The summed E-state index contributed by atoms with van der Waals surface area (Å²) < 4.78 is 46.3. The van der Waals surface area contributed by atoms with Crippen molar-refractivity contribution >= 4 is 29.4 Å². The van der Waals surface area contributed by atoms with Gasteiger partial charge in [0.25, 0.3) is 0 Å². The molecule has 0 unspecified atom stereocenters. The maximum Gasteiger partial charge on any atom is 0.573 e. The Morgan fingerprint density at radius 2 is 1.39 bits per heavy atom. The average molecular weight is 537 g/mol. The van der Waals surface area contributed by atoms with Gasteiger partial charge in [0.05, 0.1) is 0 Å². The Bertz CT molecular complexity index is 1140. The SMILES string of the molecule is Cc1ccc(NC(=O)C2(NC(=O)OC(C)(C)C)CCN(C(=O)Nc3ccc(OC(F)(F)F)cc3)CC2)cc1. The molecular formula is C26H31F3N4O5. The third-order valence-electron chi connectivity index (χ3n) is 5.73. The predicted molar refractivity (Wildman–Crippen MR) is 135 cm³/mol. The van der Waals surface area contributed by atoms with Crippen LogP contribution in [-0.2, 0) is 9.53 Å². The van der Waals surface area contributed by atoms with Crippen molar-refractivity contribution in [2.45, 2.75) is 58.0 Å². The van der Waals surface area contributed by atoms with Crippen molar-refractivity contribution in [3.05, 3.63) is 54.1 Å². The van der Waals surface area contributed by atoms with Gasteiger partial charge in [-0.1, -0.05) is 17.7 Å². The third kappa shape index (κ3) is 8.29. The molecule has 1 aliphatic heterocycles. The van der Waals surface area contributed by atoms with Crippen LogP contribution in [0.15, 0.2) is 48.5 Å². The summed E-state index contributed by atoms with van der Waals surface area (Å²) in [6, 6.07) is 11.4. The van der Waals surface area contributed by atoms with E-state index in [1.54, 1.807) is 32.9 Å². The summed E-state index contributed by atoms with van der Waals surface area (Å²) >= 11 is 0. The number of nitrogens with zero attached hydrogens (tertiary/aromatic N) is 1. The van der Waals surface area contributed by atoms with Gasteiger partial charge in [-0.15, -0.1) is 13.2 Å². The number of piperidine rings is 1. The number of carbonyl (C=O) groups excluding carboxylic acids is 3. The number of rotatable bonds is 5. The van der Waals surface area contributed by atoms with Gasteiger partial charge in [0, 0.05) is 24.5 Å². The van der Waals surface area contributed by atoms with E-state index in [0.717, 1.165) is 17.7 Å². The molecule has 0 spiro atoms. The maximum atomic E-state index is 13.4. The normalized spacial score (nSPS) is 15.3. The van der Waals surface area contributed by atoms with E-state index >= 15 is 0 Å². The summed E-state index contributed by atoms with van der Waals surface area (Å²) in [6.07, 6.45) is -5.36. The van der Waals surface area contributed by atoms with Gasteiger partial charge in [0.15, 0.2) is 0 Å². The molecule has 1 fully saturated rings. The minimum absolute atomic E-state index is 0.107. The largest absolute Gasteiger partial charge is 0.573 e. The smallest absolute Gasteiger partial charge is 0.444 e. The molecule has 0 radical (unpaired) electrons. The van der Waals surface area contributed by atoms with Gasteiger partial charge in [-0.05, 0) is 76.9 Å². The Labute approximate surface area is 218 Å². The van der Waals surface area contributed by atoms with Crippen molar-refractivity contribution < 1.29 is 37.0 Å². The molecule has 9 nitrogen and oxygen atoms in total. The summed E-state index contributed by atoms with van der Waals surface area (Å²) in [4.78, 5) is 40.2. The zero-order chi connectivity index (χ0) is 28.1. The minimum atomic E-state index is -4.82. The van der Waals surface area contributed by atoms with Crippen LogP contribution in [0.25, 0.3) is 0 Å². The molecule has 1 heterocycles. The molecule has 1 saturated heterocycles. The topological polar surface area (TPSA) is 109 Å². The number of ether oxygens (including phenoxy) is 2. The monoisotopic (exact) mass is 536 g/mol. The van der Waals surface area contributed by atoms with E-state index in [0.29, 0.717) is 5.69 Å². The number of alkyl halides is 3. The number of carbonyl (C=O) groups is 3. The number of halogens is 3. The first kappa shape index (κ1) is 28.6. The first-order valence-electron chi connectivity index (χ1n) is 12.0. The van der Waals surface area contributed by atoms with Gasteiger partial charge in [-0.2, -0.15) is 0 Å². The molecule has 0 aromatic heterocycles. The zero-order valence-electron chi connectivity index (χ0n) is 21.6. The van der Waals surface area contributed by atoms with E-state index in [1.165, 1.54) is 17.0 Å². The van der Waals surface area contributed by atoms with Crippen LogP contribution in [0.1, 0.15) is 39.2 Å². The van der Waals surface area contributed by atoms with Crippen molar-refractivity contribution in [3.8, 4) is 5.75 Å². The first-order valence-corrected chi connectivity index (χ1v) is 12.0. The predicted octanol–water partition coefficient (Wildman–Crippen LogP) is 5.42. The molecule has 4 amide bonds. The quantitative estimate of drug-likeness (QED) is 0.473. The lowest BCUT2D eigenvalue weighted by Gasteiger charge is -2.41. The number of likely N-dealkylation sites (tertiary alicyclic amines) is 1. The minimum Gasteiger partial charge on any atom is -0.444 e. The first-order chi connectivity index (χ1) is 17.6. The molecular weight excluding hydrogens is 505 g/mol. The van der Waals surface area contributed by atoms with Gasteiger partial charge in [-0.3, -0.25) is 4.79 Å². The van der Waals surface area contributed by atoms with Gasteiger partial charge < -0.3 is 30.3 Å². The van der Waals surface area contributed by atoms with E-state index < -0.39 is 41.3 Å². The van der Waals surface area contributed by atoms with E-state index in [4.69, 9.17) is 4.74 Å². The van der Waals surface area contributed by atoms with Gasteiger partial charge in [0.2, 0.25) is 5.91 Å². The van der Waals surface area contributed by atoms with Crippen LogP contribution in [-0.4, -0.2) is 53.5 Å². The molecule has 2 aromatic carbocycles. The Hall–Kier alpha value is -3.96. The van der Waals surface area contributed by atoms with Crippen LogP contribution in [0.4, 0.5) is 34.1 Å². The van der Waals surface area contributed by atoms with Gasteiger partial charge in [0.1, 0.15) is 16.9 Å². The van der Waals surface area contributed by atoms with Crippen molar-refractivity contribution in [1.29, 1.82) is 0 Å². The number of benzene rings is 2. The van der Waals surface area contributed by atoms with Gasteiger partial charge >= 0.3 is 18.5 Å². The van der Waals surface area contributed by atoms with Crippen molar-refractivity contribution in [3.63, 3.8) is 0 Å². The molecule has 3 N–H and O–H groups in total. The number of hydrogen-bond donors (Lipinski definition) is 3. The molecule has 0 aliphatic carbocycles. The summed E-state index contributed by atoms with van der Waals surface area (Å²) in [7, 11) is 0. The van der Waals surface area contributed by atoms with Crippen LogP contribution in [0.5, 0.6) is 5.75 Å². The molecule has 206 valence electrons. The maximum absolute atomic E-state index is 13.4. The second-order valence-corrected chi connectivity index (χ2v) is 10.0. The number of aryl methyl sites for hydroxylation is 1. The molecule has 38 heavy (non-hydrogen) atoms. The highest BCUT2D eigenvalue weighted by Crippen LogP contribution is 2.27. The number of alkyl carbamates (subject to hydrolysis) is 1. The standard InChI is InChI=1S/C26H31F3N4O5/c1-17-5-7-18(8-6-17)30-21(34)25(32-23(36)38-24(2,3)4)13-15-33(16-14-25)22(35)31-19-9-11-20(12-10-19)37-26(27,28)29/h5-12H,13-16H2,1-4H3,(H,30,34)(H,31,35)(H,32,36). The molecule has 0 atom stereocenters. The summed E-state index contributed by atoms with van der Waals surface area (Å²) in [6.45, 7) is 7.29. The molecule has 12 heteroatoms. The van der Waals surface area contributed by atoms with Crippen molar-refractivity contribution in [2.75, 3.05) is 23.7 Å². The highest BCUT2D eigenvalue weighted by Gasteiger charge is 2.44. The third-order valence-corrected chi connectivity index (χ3v) is 5.73. The van der Waals surface area contributed by atoms with Crippen molar-refractivity contribution in [1.82, 2.24) is 10.2 Å². The average Bonchev–Trinajstić information content (AvgIpc) is 2.80. The Kier molecular flexibility index (Phi) is 8.43. The number of anilines is 2. The molecule has 0 bridgehead atoms. The van der Waals surface area contributed by atoms with E-state index in [-0.39, 0.29) is 31.6 Å². The van der Waals surface area contributed by atoms with E-state index in [1.807, 2.05) is 19.1 Å². The second-order valence-electron chi connectivity index (χ2n) is 10.0. The molecule has 3 rings (SSSR count). The fourth-order valence-electron chi connectivity index (χ4n) is 3.83. The van der Waals surface area contributed by atoms with E-state index in [9.17, 15) is 27.6 Å². The fraction of sp³-hybridized carbons (Fsp3) is 0.423. The fourth-order valence-corrected chi connectivity index (χ4v) is 3.83. The van der Waals surface area contributed by atoms with Gasteiger partial charge in [-0.25, -0.2) is 9.59 Å². The molecule has 1 aliphatic rings. The highest BCUT2D eigenvalue weighted by atomic mass is 19.4. The summed E-state index contributed by atoms with van der Waals surface area (Å²) in [5.41, 5.74) is -0.263. The van der Waals surface area contributed by atoms with Crippen LogP contribution in [0, 0.1) is 6.92 Å². The van der Waals surface area contributed by atoms with Crippen LogP contribution < -0.4 is 20.7 Å². The van der Waals surface area contributed by atoms with Crippen LogP contribution in [0.3, 0.4) is 0 Å². The summed E-state index contributed by atoms with van der Waals surface area (Å²) in [5, 5.41) is 8.16. The van der Waals surface area contributed by atoms with Crippen LogP contribution >= 0.6 is 0 Å². The molecule has 2 aromatic rings. The zero-order valence-corrected chi connectivity index (χ0v) is 21.6. The second kappa shape index (κ2) is 11.2. The summed E-state index contributed by atoms with van der Waals surface area (Å²) in [5.74, 6) is -0.849. The van der Waals surface area contributed by atoms with Crippen molar-refractivity contribution in [2.24, 2.45) is 0 Å². The lowest BCUT2D eigenvalue weighted by molar-refractivity contribution is -0.274. The Morgan fingerprint density at radius 3 is 1.92 bits per heavy atom.